The lowest BCUT2D eigenvalue weighted by atomic mass is 9.99. The Kier molecular flexibility index (Phi) is 13.6. The van der Waals surface area contributed by atoms with E-state index in [1.807, 2.05) is 28.8 Å². The van der Waals surface area contributed by atoms with Crippen molar-refractivity contribution >= 4 is 34.6 Å². The van der Waals surface area contributed by atoms with E-state index >= 15 is 0 Å². The molecule has 0 spiro atoms. The summed E-state index contributed by atoms with van der Waals surface area (Å²) in [6.07, 6.45) is 8.80. The first kappa shape index (κ1) is 33.3. The van der Waals surface area contributed by atoms with Crippen molar-refractivity contribution in [3.8, 4) is 5.00 Å². The second kappa shape index (κ2) is 17.6. The third-order valence-electron chi connectivity index (χ3n) is 7.40. The maximum atomic E-state index is 13.0. The predicted octanol–water partition coefficient (Wildman–Crippen LogP) is 6.41. The summed E-state index contributed by atoms with van der Waals surface area (Å²) in [4.78, 5) is 19.3. The lowest BCUT2D eigenvalue weighted by Crippen LogP contribution is -2.27. The fraction of sp³-hybridized carbons (Fsp3) is 0.562. The van der Waals surface area contributed by atoms with Crippen molar-refractivity contribution in [2.75, 3.05) is 46.2 Å². The molecule has 1 aromatic carbocycles. The summed E-state index contributed by atoms with van der Waals surface area (Å²) in [5, 5.41) is 13.2. The van der Waals surface area contributed by atoms with Crippen LogP contribution in [0.3, 0.4) is 0 Å². The first-order valence-electron chi connectivity index (χ1n) is 15.3. The van der Waals surface area contributed by atoms with Crippen molar-refractivity contribution in [2.24, 2.45) is 4.99 Å². The molecule has 0 aliphatic carbocycles. The summed E-state index contributed by atoms with van der Waals surface area (Å²) < 4.78 is 18.8. The topological polar surface area (TPSA) is 99.9 Å². The number of hydrogen-bond donors (Lipinski definition) is 1. The highest BCUT2D eigenvalue weighted by atomic mass is 35.5. The van der Waals surface area contributed by atoms with Crippen molar-refractivity contribution in [2.45, 2.75) is 71.8 Å². The molecule has 0 bridgehead atoms. The maximum Gasteiger partial charge on any atom is 0.222 e. The van der Waals surface area contributed by atoms with Crippen LogP contribution in [0.4, 0.5) is 0 Å². The van der Waals surface area contributed by atoms with E-state index in [1.165, 1.54) is 30.6 Å². The molecule has 0 fully saturated rings. The fourth-order valence-electron chi connectivity index (χ4n) is 4.93. The van der Waals surface area contributed by atoms with Crippen molar-refractivity contribution in [3.05, 3.63) is 63.0 Å². The molecule has 1 N–H and O–H groups in total. The summed E-state index contributed by atoms with van der Waals surface area (Å²) in [6, 6.07) is 7.18. The number of aliphatic imine (C=N–C) groups is 1. The van der Waals surface area contributed by atoms with Gasteiger partial charge < -0.3 is 19.5 Å². The highest BCUT2D eigenvalue weighted by Gasteiger charge is 2.31. The first-order chi connectivity index (χ1) is 21.0. The number of carbonyl (C=O) groups is 1. The van der Waals surface area contributed by atoms with Crippen LogP contribution in [0.5, 0.6) is 0 Å². The first-order valence-corrected chi connectivity index (χ1v) is 16.5. The number of nitrogens with one attached hydrogen (secondary N) is 1. The fourth-order valence-corrected chi connectivity index (χ4v) is 6.19. The van der Waals surface area contributed by atoms with Crippen molar-refractivity contribution in [1.82, 2.24) is 20.1 Å². The third kappa shape index (κ3) is 9.68. The molecule has 1 unspecified atom stereocenters. The van der Waals surface area contributed by atoms with Crippen LogP contribution in [0.2, 0.25) is 5.02 Å². The van der Waals surface area contributed by atoms with Crippen LogP contribution in [0.25, 0.3) is 5.00 Å². The van der Waals surface area contributed by atoms with Gasteiger partial charge in [-0.1, -0.05) is 56.3 Å². The molecule has 3 heterocycles. The van der Waals surface area contributed by atoms with Crippen LogP contribution in [-0.2, 0) is 19.0 Å². The molecule has 1 aliphatic rings. The molecule has 0 saturated carbocycles. The average molecular weight is 630 g/mol. The molecular formula is C32H44ClN5O4S. The van der Waals surface area contributed by atoms with Gasteiger partial charge in [0, 0.05) is 40.8 Å². The second-order valence-electron chi connectivity index (χ2n) is 10.7. The van der Waals surface area contributed by atoms with Crippen molar-refractivity contribution < 1.29 is 19.0 Å². The SMILES string of the molecule is CCCCCCCOCCOCCOCCCNC(=O)CC1N=C(c2ccc(Cl)cc2)c2c(sc(C)c2C)-n2cnnc21. The van der Waals surface area contributed by atoms with E-state index in [4.69, 9.17) is 30.8 Å². The largest absolute Gasteiger partial charge is 0.379 e. The molecule has 3 aromatic rings. The van der Waals surface area contributed by atoms with Crippen LogP contribution < -0.4 is 5.32 Å². The summed E-state index contributed by atoms with van der Waals surface area (Å²) in [7, 11) is 0. The van der Waals surface area contributed by atoms with Crippen molar-refractivity contribution in [1.29, 1.82) is 0 Å². The number of carbonyl (C=O) groups excluding carboxylic acids is 1. The molecule has 234 valence electrons. The summed E-state index contributed by atoms with van der Waals surface area (Å²) in [6.45, 7) is 10.6. The zero-order valence-electron chi connectivity index (χ0n) is 25.6. The number of halogens is 1. The van der Waals surface area contributed by atoms with Gasteiger partial charge in [-0.3, -0.25) is 14.4 Å². The number of nitrogens with zero attached hydrogens (tertiary/aromatic N) is 4. The number of fused-ring (bicyclic) bond motifs is 3. The van der Waals surface area contributed by atoms with Gasteiger partial charge >= 0.3 is 0 Å². The quantitative estimate of drug-likeness (QED) is 0.154. The van der Waals surface area contributed by atoms with Gasteiger partial charge in [-0.25, -0.2) is 0 Å². The number of rotatable bonds is 19. The molecule has 1 amide bonds. The van der Waals surface area contributed by atoms with Crippen LogP contribution in [-0.4, -0.2) is 72.6 Å². The molecule has 9 nitrogen and oxygen atoms in total. The van der Waals surface area contributed by atoms with Crippen LogP contribution in [0, 0.1) is 13.8 Å². The molecule has 1 atom stereocenters. The number of aromatic nitrogens is 3. The zero-order valence-corrected chi connectivity index (χ0v) is 27.1. The smallest absolute Gasteiger partial charge is 0.222 e. The molecule has 43 heavy (non-hydrogen) atoms. The monoisotopic (exact) mass is 629 g/mol. The minimum absolute atomic E-state index is 0.0920. The number of ether oxygens (including phenoxy) is 3. The molecule has 0 radical (unpaired) electrons. The Morgan fingerprint density at radius 2 is 1.63 bits per heavy atom. The minimum atomic E-state index is -0.481. The van der Waals surface area contributed by atoms with E-state index in [1.54, 1.807) is 17.7 Å². The van der Waals surface area contributed by atoms with Crippen LogP contribution in [0.15, 0.2) is 35.6 Å². The molecular weight excluding hydrogens is 586 g/mol. The van der Waals surface area contributed by atoms with E-state index in [9.17, 15) is 4.79 Å². The number of hydrogen-bond acceptors (Lipinski definition) is 8. The van der Waals surface area contributed by atoms with Gasteiger partial charge in [0.2, 0.25) is 5.91 Å². The number of aryl methyl sites for hydroxylation is 1. The van der Waals surface area contributed by atoms with E-state index in [2.05, 4.69) is 36.3 Å². The Hall–Kier alpha value is -2.63. The molecule has 0 saturated heterocycles. The summed E-state index contributed by atoms with van der Waals surface area (Å²) in [5.41, 5.74) is 3.98. The highest BCUT2D eigenvalue weighted by molar-refractivity contribution is 7.15. The van der Waals surface area contributed by atoms with Crippen LogP contribution >= 0.6 is 22.9 Å². The number of thiophene rings is 1. The molecule has 4 rings (SSSR count). The lowest BCUT2D eigenvalue weighted by molar-refractivity contribution is -0.121. The maximum absolute atomic E-state index is 13.0. The van der Waals surface area contributed by atoms with Gasteiger partial charge in [0.25, 0.3) is 0 Å². The molecule has 11 heteroatoms. The standard InChI is InChI=1S/C32H44ClN5O4S/c1-4-5-6-7-8-15-40-17-19-42-20-18-41-16-9-14-34-28(39)21-27-31-37-35-22-38(31)32-29(23(2)24(3)43-32)30(36-27)25-10-12-26(33)13-11-25/h10-13,22,27H,4-9,14-21H2,1-3H3,(H,34,39). The Labute approximate surface area is 264 Å². The normalized spacial score (nSPS) is 14.2. The number of unbranched alkanes of at least 4 members (excludes halogenated alkanes) is 4. The Balaban J connectivity index is 1.20. The average Bonchev–Trinajstić information content (AvgIpc) is 3.57. The van der Waals surface area contributed by atoms with E-state index in [-0.39, 0.29) is 12.3 Å². The third-order valence-corrected chi connectivity index (χ3v) is 8.86. The second-order valence-corrected chi connectivity index (χ2v) is 12.3. The van der Waals surface area contributed by atoms with E-state index in [0.29, 0.717) is 56.8 Å². The minimum Gasteiger partial charge on any atom is -0.379 e. The summed E-state index contributed by atoms with van der Waals surface area (Å²) >= 11 is 7.86. The molecule has 2 aromatic heterocycles. The number of benzene rings is 1. The van der Waals surface area contributed by atoms with Crippen molar-refractivity contribution in [3.63, 3.8) is 0 Å². The summed E-state index contributed by atoms with van der Waals surface area (Å²) in [5.74, 6) is 0.563. The van der Waals surface area contributed by atoms with Gasteiger partial charge in [-0.2, -0.15) is 0 Å². The van der Waals surface area contributed by atoms with Gasteiger partial charge in [-0.05, 0) is 44.4 Å². The Morgan fingerprint density at radius 3 is 2.35 bits per heavy atom. The Bertz CT molecular complexity index is 1320. The van der Waals surface area contributed by atoms with Gasteiger partial charge in [-0.15, -0.1) is 21.5 Å². The van der Waals surface area contributed by atoms with Crippen LogP contribution in [0.1, 0.15) is 85.3 Å². The zero-order chi connectivity index (χ0) is 30.4. The Morgan fingerprint density at radius 1 is 0.953 bits per heavy atom. The molecule has 1 aliphatic heterocycles. The van der Waals surface area contributed by atoms with Gasteiger partial charge in [0.05, 0.1) is 38.6 Å². The number of amides is 1. The lowest BCUT2D eigenvalue weighted by Gasteiger charge is -2.13. The van der Waals surface area contributed by atoms with Gasteiger partial charge in [0.15, 0.2) is 5.82 Å². The van der Waals surface area contributed by atoms with Gasteiger partial charge in [0.1, 0.15) is 17.4 Å². The van der Waals surface area contributed by atoms with E-state index < -0.39 is 6.04 Å². The highest BCUT2D eigenvalue weighted by Crippen LogP contribution is 2.38. The predicted molar refractivity (Wildman–Crippen MR) is 172 cm³/mol. The van der Waals surface area contributed by atoms with E-state index in [0.717, 1.165) is 40.4 Å².